The summed E-state index contributed by atoms with van der Waals surface area (Å²) < 4.78 is 50.4. The van der Waals surface area contributed by atoms with Crippen LogP contribution in [0.25, 0.3) is 22.1 Å². The van der Waals surface area contributed by atoms with Gasteiger partial charge in [-0.2, -0.15) is 0 Å². The number of methoxy groups -OCH3 is 1. The van der Waals surface area contributed by atoms with Crippen molar-refractivity contribution in [2.45, 2.75) is 19.2 Å². The number of ether oxygens (including phenoxy) is 2. The minimum Gasteiger partial charge on any atom is -0.478 e. The number of nitrogens with zero attached hydrogens (tertiary/aromatic N) is 2. The Bertz CT molecular complexity index is 901. The van der Waals surface area contributed by atoms with Crippen molar-refractivity contribution in [2.24, 2.45) is 0 Å². The van der Waals surface area contributed by atoms with Crippen LogP contribution in [-0.2, 0) is 0 Å². The number of benzene rings is 2. The van der Waals surface area contributed by atoms with Gasteiger partial charge in [0.05, 0.1) is 12.5 Å². The second-order valence-electron chi connectivity index (χ2n) is 6.49. The summed E-state index contributed by atoms with van der Waals surface area (Å²) in [6.07, 6.45) is -1.87. The van der Waals surface area contributed by atoms with Gasteiger partial charge in [0.1, 0.15) is 5.75 Å². The van der Waals surface area contributed by atoms with E-state index in [0.717, 1.165) is 11.1 Å². The zero-order valence-electron chi connectivity index (χ0n) is 15.6. The van der Waals surface area contributed by atoms with Crippen molar-refractivity contribution in [2.75, 3.05) is 27.2 Å². The molecule has 0 bridgehead atoms. The van der Waals surface area contributed by atoms with Crippen molar-refractivity contribution in [3.63, 3.8) is 0 Å². The Kier molecular flexibility index (Phi) is 6.08. The van der Waals surface area contributed by atoms with E-state index in [1.165, 1.54) is 45.2 Å². The average molecular weight is 394 g/mol. The maximum atomic E-state index is 12.1. The molecule has 1 aliphatic rings. The summed E-state index contributed by atoms with van der Waals surface area (Å²) in [5.74, 6) is 0.0914. The maximum absolute atomic E-state index is 12.1. The van der Waals surface area contributed by atoms with Gasteiger partial charge < -0.3 is 18.9 Å². The minimum absolute atomic E-state index is 0.264. The van der Waals surface area contributed by atoms with E-state index in [9.17, 15) is 13.2 Å². The summed E-state index contributed by atoms with van der Waals surface area (Å²) in [5.41, 5.74) is 2.10. The van der Waals surface area contributed by atoms with Crippen molar-refractivity contribution >= 4 is 11.0 Å². The van der Waals surface area contributed by atoms with E-state index in [-0.39, 0.29) is 5.75 Å². The van der Waals surface area contributed by atoms with Crippen molar-refractivity contribution in [3.8, 4) is 22.8 Å². The first-order chi connectivity index (χ1) is 13.4. The van der Waals surface area contributed by atoms with Crippen molar-refractivity contribution in [3.05, 3.63) is 42.5 Å². The van der Waals surface area contributed by atoms with Gasteiger partial charge in [0.2, 0.25) is 0 Å². The monoisotopic (exact) mass is 394 g/mol. The molecule has 1 aliphatic heterocycles. The largest absolute Gasteiger partial charge is 0.573 e. The van der Waals surface area contributed by atoms with Gasteiger partial charge in [0.25, 0.3) is 5.88 Å². The Morgan fingerprint density at radius 2 is 1.64 bits per heavy atom. The fourth-order valence-corrected chi connectivity index (χ4v) is 2.97. The third kappa shape index (κ3) is 5.16. The van der Waals surface area contributed by atoms with Gasteiger partial charge in [0.15, 0.2) is 5.58 Å². The Balaban J connectivity index is 0.000000320. The number of likely N-dealkylation sites (tertiary alicyclic amines) is 1. The molecule has 2 heterocycles. The van der Waals surface area contributed by atoms with Crippen LogP contribution in [0, 0.1) is 0 Å². The highest BCUT2D eigenvalue weighted by Gasteiger charge is 2.30. The summed E-state index contributed by atoms with van der Waals surface area (Å²) >= 11 is 0. The zero-order valence-corrected chi connectivity index (χ0v) is 15.6. The lowest BCUT2D eigenvalue weighted by atomic mass is 10.0. The summed E-state index contributed by atoms with van der Waals surface area (Å²) in [6, 6.07) is 10.9. The van der Waals surface area contributed by atoms with E-state index in [0.29, 0.717) is 16.8 Å². The zero-order chi connectivity index (χ0) is 20.1. The van der Waals surface area contributed by atoms with Crippen LogP contribution in [-0.4, -0.2) is 43.7 Å². The van der Waals surface area contributed by atoms with Crippen LogP contribution in [0.5, 0.6) is 11.6 Å². The highest BCUT2D eigenvalue weighted by molar-refractivity contribution is 5.87. The van der Waals surface area contributed by atoms with Crippen LogP contribution in [0.2, 0.25) is 0 Å². The molecule has 0 N–H and O–H groups in total. The lowest BCUT2D eigenvalue weighted by molar-refractivity contribution is -0.274. The summed E-state index contributed by atoms with van der Waals surface area (Å²) in [5, 5.41) is 4.45. The number of hydrogen-bond acceptors (Lipinski definition) is 5. The predicted molar refractivity (Wildman–Crippen MR) is 99.4 cm³/mol. The second-order valence-corrected chi connectivity index (χ2v) is 6.49. The van der Waals surface area contributed by atoms with Gasteiger partial charge in [-0.15, -0.1) is 13.2 Å². The van der Waals surface area contributed by atoms with E-state index < -0.39 is 6.36 Å². The predicted octanol–water partition coefficient (Wildman–Crippen LogP) is 5.11. The Morgan fingerprint density at radius 3 is 2.18 bits per heavy atom. The van der Waals surface area contributed by atoms with E-state index >= 15 is 0 Å². The molecule has 4 rings (SSSR count). The third-order valence-electron chi connectivity index (χ3n) is 4.38. The number of hydrogen-bond donors (Lipinski definition) is 0. The smallest absolute Gasteiger partial charge is 0.478 e. The highest BCUT2D eigenvalue weighted by Crippen LogP contribution is 2.31. The molecule has 1 aromatic heterocycles. The molecular weight excluding hydrogens is 373 g/mol. The van der Waals surface area contributed by atoms with Gasteiger partial charge in [-0.25, -0.2) is 0 Å². The minimum atomic E-state index is -4.70. The van der Waals surface area contributed by atoms with Gasteiger partial charge in [0, 0.05) is 0 Å². The van der Waals surface area contributed by atoms with Gasteiger partial charge in [-0.05, 0) is 73.5 Å². The molecule has 8 heteroatoms. The molecule has 150 valence electrons. The first-order valence-electron chi connectivity index (χ1n) is 8.84. The maximum Gasteiger partial charge on any atom is 0.573 e. The number of aromatic nitrogens is 1. The lowest BCUT2D eigenvalue weighted by Crippen LogP contribution is -2.16. The van der Waals surface area contributed by atoms with E-state index in [4.69, 9.17) is 9.26 Å². The average Bonchev–Trinajstić information content (AvgIpc) is 3.29. The first kappa shape index (κ1) is 20.0. The van der Waals surface area contributed by atoms with Crippen molar-refractivity contribution in [1.82, 2.24) is 10.1 Å². The van der Waals surface area contributed by atoms with Crippen molar-refractivity contribution in [1.29, 1.82) is 0 Å². The molecule has 0 amide bonds. The molecule has 3 aromatic rings. The Hall–Kier alpha value is -2.74. The summed E-state index contributed by atoms with van der Waals surface area (Å²) in [4.78, 5) is 2.36. The Morgan fingerprint density at radius 1 is 1.00 bits per heavy atom. The molecule has 0 unspecified atom stereocenters. The SMILES string of the molecule is CN1CCCC1.COc1noc2ccc(-c3ccc(OC(F)(F)F)cc3)cc12. The molecular formula is C20H21F3N2O3. The molecule has 0 atom stereocenters. The lowest BCUT2D eigenvalue weighted by Gasteiger charge is -2.09. The van der Waals surface area contributed by atoms with E-state index in [1.54, 1.807) is 30.3 Å². The number of rotatable bonds is 3. The van der Waals surface area contributed by atoms with Gasteiger partial charge in [-0.3, -0.25) is 0 Å². The number of halogens is 3. The van der Waals surface area contributed by atoms with Crippen molar-refractivity contribution < 1.29 is 27.2 Å². The molecule has 1 saturated heterocycles. The summed E-state index contributed by atoms with van der Waals surface area (Å²) in [6.45, 7) is 2.64. The van der Waals surface area contributed by atoms with Crippen LogP contribution in [0.3, 0.4) is 0 Å². The molecule has 5 nitrogen and oxygen atoms in total. The van der Waals surface area contributed by atoms with E-state index in [1.807, 2.05) is 0 Å². The fourth-order valence-electron chi connectivity index (χ4n) is 2.97. The standard InChI is InChI=1S/C15H10F3NO3.C5H11N/c1-20-14-12-8-10(4-7-13(12)22-19-14)9-2-5-11(6-3-9)21-15(16,17)18;1-6-4-2-3-5-6/h2-8H,1H3;2-5H2,1H3. The van der Waals surface area contributed by atoms with E-state index in [2.05, 4.69) is 21.8 Å². The Labute approximate surface area is 160 Å². The molecule has 0 saturated carbocycles. The first-order valence-corrected chi connectivity index (χ1v) is 8.84. The topological polar surface area (TPSA) is 47.7 Å². The quantitative estimate of drug-likeness (QED) is 0.618. The summed E-state index contributed by atoms with van der Waals surface area (Å²) in [7, 11) is 3.65. The molecule has 1 fully saturated rings. The molecule has 2 aromatic carbocycles. The second kappa shape index (κ2) is 8.52. The third-order valence-corrected chi connectivity index (χ3v) is 4.38. The van der Waals surface area contributed by atoms with Gasteiger partial charge >= 0.3 is 6.36 Å². The van der Waals surface area contributed by atoms with Crippen LogP contribution >= 0.6 is 0 Å². The molecule has 0 spiro atoms. The van der Waals surface area contributed by atoms with Crippen LogP contribution in [0.1, 0.15) is 12.8 Å². The van der Waals surface area contributed by atoms with Gasteiger partial charge in [-0.1, -0.05) is 18.2 Å². The normalized spacial score (nSPS) is 14.6. The molecule has 0 radical (unpaired) electrons. The van der Waals surface area contributed by atoms with Crippen LogP contribution in [0.4, 0.5) is 13.2 Å². The van der Waals surface area contributed by atoms with Crippen LogP contribution < -0.4 is 9.47 Å². The molecule has 28 heavy (non-hydrogen) atoms. The number of alkyl halides is 3. The number of fused-ring (bicyclic) bond motifs is 1. The molecule has 0 aliphatic carbocycles. The fraction of sp³-hybridized carbons (Fsp3) is 0.350. The highest BCUT2D eigenvalue weighted by atomic mass is 19.4. The van der Waals surface area contributed by atoms with Crippen LogP contribution in [0.15, 0.2) is 47.0 Å².